The monoisotopic (exact) mass is 271 g/mol. The molecule has 1 fully saturated rings. The van der Waals surface area contributed by atoms with E-state index in [4.69, 9.17) is 9.84 Å². The predicted octanol–water partition coefficient (Wildman–Crippen LogP) is 1.95. The SMILES string of the molecule is CCC(CC)CC(=O)NC1(CC(=O)O)CCOCC1. The van der Waals surface area contributed by atoms with E-state index in [1.165, 1.54) is 0 Å². The number of amides is 1. The van der Waals surface area contributed by atoms with E-state index in [9.17, 15) is 9.59 Å². The number of aliphatic carboxylic acids is 1. The normalized spacial score (nSPS) is 18.3. The fourth-order valence-corrected chi connectivity index (χ4v) is 2.58. The molecule has 5 heteroatoms. The Bertz CT molecular complexity index is 307. The van der Waals surface area contributed by atoms with E-state index >= 15 is 0 Å². The van der Waals surface area contributed by atoms with E-state index in [2.05, 4.69) is 19.2 Å². The van der Waals surface area contributed by atoms with Gasteiger partial charge in [0.05, 0.1) is 12.0 Å². The van der Waals surface area contributed by atoms with E-state index in [-0.39, 0.29) is 12.3 Å². The Morgan fingerprint density at radius 1 is 1.26 bits per heavy atom. The molecular formula is C14H25NO4. The fraction of sp³-hybridized carbons (Fsp3) is 0.857. The highest BCUT2D eigenvalue weighted by molar-refractivity contribution is 5.78. The maximum absolute atomic E-state index is 12.1. The van der Waals surface area contributed by atoms with Crippen molar-refractivity contribution in [3.8, 4) is 0 Å². The molecule has 1 rings (SSSR count). The molecule has 1 saturated heterocycles. The number of carbonyl (C=O) groups is 2. The zero-order chi connectivity index (χ0) is 14.3. The maximum Gasteiger partial charge on any atom is 0.305 e. The summed E-state index contributed by atoms with van der Waals surface area (Å²) in [5.74, 6) is -0.525. The van der Waals surface area contributed by atoms with Crippen LogP contribution in [0.15, 0.2) is 0 Å². The summed E-state index contributed by atoms with van der Waals surface area (Å²) >= 11 is 0. The van der Waals surface area contributed by atoms with Gasteiger partial charge in [-0.2, -0.15) is 0 Å². The Morgan fingerprint density at radius 2 is 1.84 bits per heavy atom. The first-order chi connectivity index (χ1) is 9.01. The minimum absolute atomic E-state index is 0.0228. The second-order valence-corrected chi connectivity index (χ2v) is 5.40. The summed E-state index contributed by atoms with van der Waals surface area (Å²) in [6.07, 6.45) is 3.56. The fourth-order valence-electron chi connectivity index (χ4n) is 2.58. The summed E-state index contributed by atoms with van der Waals surface area (Å²) in [6, 6.07) is 0. The first kappa shape index (κ1) is 16.0. The van der Waals surface area contributed by atoms with E-state index in [1.54, 1.807) is 0 Å². The number of hydrogen-bond donors (Lipinski definition) is 2. The largest absolute Gasteiger partial charge is 0.481 e. The van der Waals surface area contributed by atoms with Crippen molar-refractivity contribution in [2.45, 2.75) is 57.9 Å². The van der Waals surface area contributed by atoms with Gasteiger partial charge in [0.1, 0.15) is 0 Å². The number of ether oxygens (including phenoxy) is 1. The highest BCUT2D eigenvalue weighted by Gasteiger charge is 2.36. The maximum atomic E-state index is 12.1. The smallest absolute Gasteiger partial charge is 0.305 e. The molecule has 0 spiro atoms. The minimum atomic E-state index is -0.871. The van der Waals surface area contributed by atoms with Gasteiger partial charge in [0.2, 0.25) is 5.91 Å². The topological polar surface area (TPSA) is 75.6 Å². The molecule has 0 radical (unpaired) electrons. The molecule has 0 bridgehead atoms. The van der Waals surface area contributed by atoms with Crippen molar-refractivity contribution in [2.24, 2.45) is 5.92 Å². The summed E-state index contributed by atoms with van der Waals surface area (Å²) in [5.41, 5.74) is -0.618. The van der Waals surface area contributed by atoms with Gasteiger partial charge in [-0.3, -0.25) is 9.59 Å². The van der Waals surface area contributed by atoms with Gasteiger partial charge in [0.25, 0.3) is 0 Å². The number of nitrogens with one attached hydrogen (secondary N) is 1. The first-order valence-electron chi connectivity index (χ1n) is 7.12. The van der Waals surface area contributed by atoms with Crippen LogP contribution >= 0.6 is 0 Å². The van der Waals surface area contributed by atoms with Crippen LogP contribution in [0.3, 0.4) is 0 Å². The molecule has 1 heterocycles. The summed E-state index contributed by atoms with van der Waals surface area (Å²) in [6.45, 7) is 5.17. The average molecular weight is 271 g/mol. The number of carboxylic acid groups (broad SMARTS) is 1. The molecule has 0 aromatic heterocycles. The van der Waals surface area contributed by atoms with Crippen LogP contribution in [0, 0.1) is 5.92 Å². The van der Waals surface area contributed by atoms with Gasteiger partial charge in [0.15, 0.2) is 0 Å². The van der Waals surface area contributed by atoms with Gasteiger partial charge in [-0.25, -0.2) is 0 Å². The lowest BCUT2D eigenvalue weighted by molar-refractivity contribution is -0.140. The third-order valence-electron chi connectivity index (χ3n) is 3.97. The molecule has 5 nitrogen and oxygen atoms in total. The van der Waals surface area contributed by atoms with Gasteiger partial charge in [0, 0.05) is 19.6 Å². The lowest BCUT2D eigenvalue weighted by Crippen LogP contribution is -2.53. The third kappa shape index (κ3) is 5.19. The van der Waals surface area contributed by atoms with Crippen molar-refractivity contribution >= 4 is 11.9 Å². The Hall–Kier alpha value is -1.10. The summed E-state index contributed by atoms with van der Waals surface area (Å²) < 4.78 is 5.27. The quantitative estimate of drug-likeness (QED) is 0.742. The van der Waals surface area contributed by atoms with E-state index in [0.29, 0.717) is 38.4 Å². The molecule has 19 heavy (non-hydrogen) atoms. The van der Waals surface area contributed by atoms with Gasteiger partial charge < -0.3 is 15.2 Å². The van der Waals surface area contributed by atoms with Crippen LogP contribution in [-0.2, 0) is 14.3 Å². The number of hydrogen-bond acceptors (Lipinski definition) is 3. The van der Waals surface area contributed by atoms with Crippen molar-refractivity contribution in [1.29, 1.82) is 0 Å². The molecule has 1 aliphatic rings. The first-order valence-corrected chi connectivity index (χ1v) is 7.12. The Balaban J connectivity index is 2.61. The van der Waals surface area contributed by atoms with E-state index < -0.39 is 11.5 Å². The predicted molar refractivity (Wildman–Crippen MR) is 71.9 cm³/mol. The van der Waals surface area contributed by atoms with Crippen molar-refractivity contribution in [1.82, 2.24) is 5.32 Å². The lowest BCUT2D eigenvalue weighted by Gasteiger charge is -2.37. The summed E-state index contributed by atoms with van der Waals surface area (Å²) in [5, 5.41) is 12.0. The highest BCUT2D eigenvalue weighted by atomic mass is 16.5. The Kier molecular flexibility index (Phi) is 6.28. The van der Waals surface area contributed by atoms with Crippen LogP contribution in [-0.4, -0.2) is 35.7 Å². The molecule has 0 unspecified atom stereocenters. The van der Waals surface area contributed by atoms with Crippen molar-refractivity contribution in [3.63, 3.8) is 0 Å². The molecule has 0 atom stereocenters. The molecule has 0 aromatic carbocycles. The molecule has 1 amide bonds. The molecule has 2 N–H and O–H groups in total. The molecular weight excluding hydrogens is 246 g/mol. The number of carboxylic acids is 1. The molecule has 0 saturated carbocycles. The third-order valence-corrected chi connectivity index (χ3v) is 3.97. The van der Waals surface area contributed by atoms with Crippen LogP contribution in [0.2, 0.25) is 0 Å². The van der Waals surface area contributed by atoms with Crippen LogP contribution < -0.4 is 5.32 Å². The lowest BCUT2D eigenvalue weighted by atomic mass is 9.86. The molecule has 0 aromatic rings. The standard InChI is InChI=1S/C14H25NO4/c1-3-11(4-2)9-12(16)15-14(10-13(17)18)5-7-19-8-6-14/h11H,3-10H2,1-2H3,(H,15,16)(H,17,18). The highest BCUT2D eigenvalue weighted by Crippen LogP contribution is 2.25. The van der Waals surface area contributed by atoms with Gasteiger partial charge in [-0.1, -0.05) is 26.7 Å². The Labute approximate surface area is 114 Å². The second-order valence-electron chi connectivity index (χ2n) is 5.40. The van der Waals surface area contributed by atoms with Crippen LogP contribution in [0.5, 0.6) is 0 Å². The summed E-state index contributed by atoms with van der Waals surface area (Å²) in [7, 11) is 0. The number of rotatable bonds is 7. The molecule has 0 aliphatic carbocycles. The van der Waals surface area contributed by atoms with Crippen LogP contribution in [0.25, 0.3) is 0 Å². The Morgan fingerprint density at radius 3 is 2.32 bits per heavy atom. The molecule has 1 aliphatic heterocycles. The van der Waals surface area contributed by atoms with Gasteiger partial charge in [-0.05, 0) is 18.8 Å². The van der Waals surface area contributed by atoms with Gasteiger partial charge in [-0.15, -0.1) is 0 Å². The van der Waals surface area contributed by atoms with Gasteiger partial charge >= 0.3 is 5.97 Å². The molecule has 110 valence electrons. The van der Waals surface area contributed by atoms with Crippen molar-refractivity contribution < 1.29 is 19.4 Å². The van der Waals surface area contributed by atoms with E-state index in [1.807, 2.05) is 0 Å². The van der Waals surface area contributed by atoms with Crippen LogP contribution in [0.4, 0.5) is 0 Å². The van der Waals surface area contributed by atoms with Crippen LogP contribution in [0.1, 0.15) is 52.4 Å². The van der Waals surface area contributed by atoms with Crippen molar-refractivity contribution in [2.75, 3.05) is 13.2 Å². The number of carbonyl (C=O) groups excluding carboxylic acids is 1. The van der Waals surface area contributed by atoms with Crippen molar-refractivity contribution in [3.05, 3.63) is 0 Å². The average Bonchev–Trinajstić information content (AvgIpc) is 2.35. The zero-order valence-electron chi connectivity index (χ0n) is 11.9. The van der Waals surface area contributed by atoms with E-state index in [0.717, 1.165) is 12.8 Å². The zero-order valence-corrected chi connectivity index (χ0v) is 11.9. The summed E-state index contributed by atoms with van der Waals surface area (Å²) in [4.78, 5) is 23.1. The second kappa shape index (κ2) is 7.48. The minimum Gasteiger partial charge on any atom is -0.481 e.